The molecule has 6 N–H and O–H groups in total. The minimum absolute atomic E-state index is 0.115. The van der Waals surface area contributed by atoms with Gasteiger partial charge in [-0.3, -0.25) is 20.4 Å². The second-order valence-electron chi connectivity index (χ2n) is 5.39. The highest BCUT2D eigenvalue weighted by atomic mass is 16.1. The molecule has 0 amide bonds. The maximum absolute atomic E-state index is 11.4. The zero-order chi connectivity index (χ0) is 13.1. The third-order valence-electron chi connectivity index (χ3n) is 4.14. The Morgan fingerprint density at radius 2 is 1.28 bits per heavy atom. The van der Waals surface area contributed by atoms with E-state index in [9.17, 15) is 9.59 Å². The molecule has 4 unspecified atom stereocenters. The zero-order valence-electron chi connectivity index (χ0n) is 10.5. The van der Waals surface area contributed by atoms with Crippen LogP contribution in [0.2, 0.25) is 0 Å². The normalized spacial score (nSPS) is 34.6. The van der Waals surface area contributed by atoms with Gasteiger partial charge < -0.3 is 11.5 Å². The molecule has 3 aliphatic rings. The Hall–Kier alpha value is -0.820. The molecule has 102 valence electrons. The SMILES string of the molecule is NCC(=O)CC1CC2NNC1CC2CC(=O)CN. The van der Waals surface area contributed by atoms with Crippen LogP contribution >= 0.6 is 0 Å². The largest absolute Gasteiger partial charge is 0.324 e. The van der Waals surface area contributed by atoms with Gasteiger partial charge in [-0.05, 0) is 24.7 Å². The average molecular weight is 254 g/mol. The van der Waals surface area contributed by atoms with Gasteiger partial charge in [-0.15, -0.1) is 0 Å². The van der Waals surface area contributed by atoms with Crippen LogP contribution in [0.25, 0.3) is 0 Å². The van der Waals surface area contributed by atoms with Crippen LogP contribution in [0, 0.1) is 11.8 Å². The second-order valence-corrected chi connectivity index (χ2v) is 5.39. The van der Waals surface area contributed by atoms with Crippen LogP contribution in [-0.4, -0.2) is 36.7 Å². The minimum Gasteiger partial charge on any atom is -0.324 e. The second kappa shape index (κ2) is 5.88. The topological polar surface area (TPSA) is 110 Å². The van der Waals surface area contributed by atoms with E-state index >= 15 is 0 Å². The molecule has 4 atom stereocenters. The Kier molecular flexibility index (Phi) is 4.45. The summed E-state index contributed by atoms with van der Waals surface area (Å²) in [5, 5.41) is 0. The molecule has 6 nitrogen and oxygen atoms in total. The number of hydrogen-bond donors (Lipinski definition) is 4. The van der Waals surface area contributed by atoms with Crippen molar-refractivity contribution in [3.05, 3.63) is 0 Å². The summed E-state index contributed by atoms with van der Waals surface area (Å²) in [6, 6.07) is 0.530. The van der Waals surface area contributed by atoms with E-state index in [1.54, 1.807) is 0 Å². The Balaban J connectivity index is 1.90. The third-order valence-corrected chi connectivity index (χ3v) is 4.14. The van der Waals surface area contributed by atoms with Gasteiger partial charge in [0.25, 0.3) is 0 Å². The first kappa shape index (κ1) is 13.6. The molecule has 1 saturated carbocycles. The molecule has 1 aliphatic carbocycles. The minimum atomic E-state index is 0.115. The Morgan fingerprint density at radius 1 is 0.889 bits per heavy atom. The number of hydrogen-bond acceptors (Lipinski definition) is 6. The Morgan fingerprint density at radius 3 is 1.56 bits per heavy atom. The van der Waals surface area contributed by atoms with Crippen molar-refractivity contribution in [3.63, 3.8) is 0 Å². The van der Waals surface area contributed by atoms with E-state index in [4.69, 9.17) is 11.5 Å². The van der Waals surface area contributed by atoms with Crippen LogP contribution < -0.4 is 22.3 Å². The lowest BCUT2D eigenvalue weighted by Gasteiger charge is -2.48. The molecule has 0 spiro atoms. The summed E-state index contributed by atoms with van der Waals surface area (Å²) in [6.07, 6.45) is 2.96. The van der Waals surface area contributed by atoms with Gasteiger partial charge >= 0.3 is 0 Å². The summed E-state index contributed by atoms with van der Waals surface area (Å²) < 4.78 is 0. The van der Waals surface area contributed by atoms with E-state index < -0.39 is 0 Å². The van der Waals surface area contributed by atoms with Crippen LogP contribution in [0.1, 0.15) is 25.7 Å². The van der Waals surface area contributed by atoms with Crippen molar-refractivity contribution in [1.82, 2.24) is 10.9 Å². The first-order chi connectivity index (χ1) is 8.63. The number of fused-ring (bicyclic) bond motifs is 3. The van der Waals surface area contributed by atoms with Crippen molar-refractivity contribution in [1.29, 1.82) is 0 Å². The summed E-state index contributed by atoms with van der Waals surface area (Å²) in [5.74, 6) is 0.918. The number of carbonyl (C=O) groups excluding carboxylic acids is 2. The molecule has 6 heteroatoms. The summed E-state index contributed by atoms with van der Waals surface area (Å²) in [7, 11) is 0. The van der Waals surface area contributed by atoms with Gasteiger partial charge in [0.2, 0.25) is 0 Å². The van der Waals surface area contributed by atoms with E-state index in [-0.39, 0.29) is 36.7 Å². The average Bonchev–Trinajstić information content (AvgIpc) is 2.39. The summed E-state index contributed by atoms with van der Waals surface area (Å²) in [5.41, 5.74) is 17.2. The highest BCUT2D eigenvalue weighted by molar-refractivity contribution is 5.81. The van der Waals surface area contributed by atoms with Crippen LogP contribution in [0.15, 0.2) is 0 Å². The number of rotatable bonds is 6. The lowest BCUT2D eigenvalue weighted by molar-refractivity contribution is -0.122. The van der Waals surface area contributed by atoms with Crippen molar-refractivity contribution in [2.45, 2.75) is 37.8 Å². The van der Waals surface area contributed by atoms with Crippen molar-refractivity contribution < 1.29 is 9.59 Å². The highest BCUT2D eigenvalue weighted by Gasteiger charge is 2.42. The van der Waals surface area contributed by atoms with Gasteiger partial charge in [-0.2, -0.15) is 0 Å². The first-order valence-corrected chi connectivity index (χ1v) is 6.58. The highest BCUT2D eigenvalue weighted by Crippen LogP contribution is 2.36. The quantitative estimate of drug-likeness (QED) is 0.468. The fourth-order valence-corrected chi connectivity index (χ4v) is 3.14. The van der Waals surface area contributed by atoms with Crippen molar-refractivity contribution >= 4 is 11.6 Å². The monoisotopic (exact) mass is 254 g/mol. The fourth-order valence-electron chi connectivity index (χ4n) is 3.14. The Bertz CT molecular complexity index is 302. The van der Waals surface area contributed by atoms with Crippen molar-refractivity contribution in [2.24, 2.45) is 23.3 Å². The van der Waals surface area contributed by atoms with Crippen LogP contribution in [-0.2, 0) is 9.59 Å². The van der Waals surface area contributed by atoms with Gasteiger partial charge in [-0.25, -0.2) is 0 Å². The van der Waals surface area contributed by atoms with Crippen molar-refractivity contribution in [2.75, 3.05) is 13.1 Å². The smallest absolute Gasteiger partial charge is 0.146 e. The van der Waals surface area contributed by atoms with Crippen LogP contribution in [0.5, 0.6) is 0 Å². The molecule has 3 rings (SSSR count). The van der Waals surface area contributed by atoms with E-state index in [0.717, 1.165) is 12.8 Å². The molecule has 2 aliphatic heterocycles. The van der Waals surface area contributed by atoms with E-state index in [0.29, 0.717) is 24.7 Å². The first-order valence-electron chi connectivity index (χ1n) is 6.58. The van der Waals surface area contributed by atoms with Gasteiger partial charge in [0.15, 0.2) is 0 Å². The number of carbonyl (C=O) groups is 2. The maximum atomic E-state index is 11.4. The standard InChI is InChI=1S/C12H22N4O2/c13-5-9(17)1-7-3-12-8(2-10(18)6-14)4-11(7)15-16-12/h7-8,11-12,15-16H,1-6,13-14H2. The predicted molar refractivity (Wildman–Crippen MR) is 67.4 cm³/mol. The van der Waals surface area contributed by atoms with Crippen LogP contribution in [0.4, 0.5) is 0 Å². The van der Waals surface area contributed by atoms with Gasteiger partial charge in [0.1, 0.15) is 11.6 Å². The molecular formula is C12H22N4O2. The number of hydrazine groups is 1. The molecule has 0 radical (unpaired) electrons. The molecule has 0 aromatic heterocycles. The summed E-state index contributed by atoms with van der Waals surface area (Å²) in [4.78, 5) is 22.8. The fraction of sp³-hybridized carbons (Fsp3) is 0.833. The van der Waals surface area contributed by atoms with E-state index in [1.807, 2.05) is 0 Å². The summed E-state index contributed by atoms with van der Waals surface area (Å²) in [6.45, 7) is 0.243. The maximum Gasteiger partial charge on any atom is 0.146 e. The Labute approximate surface area is 107 Å². The molecule has 0 aromatic carbocycles. The number of nitrogens with two attached hydrogens (primary N) is 2. The lowest BCUT2D eigenvalue weighted by atomic mass is 9.70. The van der Waals surface area contributed by atoms with Gasteiger partial charge in [0, 0.05) is 24.9 Å². The molecule has 3 fully saturated rings. The molecular weight excluding hydrogens is 232 g/mol. The van der Waals surface area contributed by atoms with Crippen LogP contribution in [0.3, 0.4) is 0 Å². The summed E-state index contributed by atoms with van der Waals surface area (Å²) >= 11 is 0. The third kappa shape index (κ3) is 2.95. The molecule has 2 heterocycles. The van der Waals surface area contributed by atoms with E-state index in [1.165, 1.54) is 0 Å². The number of nitrogens with one attached hydrogen (secondary N) is 2. The predicted octanol–water partition coefficient (Wildman–Crippen LogP) is -1.31. The number of Topliss-reactive ketones (excluding diaryl/α,β-unsaturated/α-hetero) is 2. The molecule has 0 aromatic rings. The molecule has 18 heavy (non-hydrogen) atoms. The molecule has 2 bridgehead atoms. The van der Waals surface area contributed by atoms with Crippen molar-refractivity contribution in [3.8, 4) is 0 Å². The number of ketones is 2. The van der Waals surface area contributed by atoms with E-state index in [2.05, 4.69) is 10.9 Å². The molecule has 2 saturated heterocycles. The lowest BCUT2D eigenvalue weighted by Crippen LogP contribution is -2.64. The zero-order valence-corrected chi connectivity index (χ0v) is 10.5. The van der Waals surface area contributed by atoms with Gasteiger partial charge in [0.05, 0.1) is 13.1 Å². The van der Waals surface area contributed by atoms with Gasteiger partial charge in [-0.1, -0.05) is 0 Å².